The third kappa shape index (κ3) is 6.29. The first kappa shape index (κ1) is 23.9. The van der Waals surface area contributed by atoms with Crippen molar-refractivity contribution in [1.82, 2.24) is 10.5 Å². The van der Waals surface area contributed by atoms with E-state index in [1.807, 2.05) is 5.32 Å². The summed E-state index contributed by atoms with van der Waals surface area (Å²) in [6.07, 6.45) is -1.10. The maximum Gasteiger partial charge on any atom is 0.414 e. The standard InChI is InChI=1S/C16H16ClN3O10S/c17-9-3-5-10(6-4-9)31(27,28)15-14(19-30-20(15)26)29-7-1-2-12(21)18-11(16(24)25)8-13(22)23/h3-6,11H,1-2,7-8H2,(H,18,21)(H,22,23)(H,24,25)/t11-/m0/s1. The van der Waals surface area contributed by atoms with Gasteiger partial charge in [0.2, 0.25) is 5.91 Å². The fourth-order valence-electron chi connectivity index (χ4n) is 2.30. The Bertz CT molecular complexity index is 1070. The highest BCUT2D eigenvalue weighted by Crippen LogP contribution is 2.26. The van der Waals surface area contributed by atoms with Crippen LogP contribution in [0.5, 0.6) is 5.88 Å². The van der Waals surface area contributed by atoms with E-state index in [9.17, 15) is 28.0 Å². The minimum atomic E-state index is -4.35. The molecule has 1 amide bonds. The van der Waals surface area contributed by atoms with Gasteiger partial charge in [-0.1, -0.05) is 11.6 Å². The van der Waals surface area contributed by atoms with E-state index >= 15 is 0 Å². The van der Waals surface area contributed by atoms with E-state index in [-0.39, 0.29) is 34.3 Å². The summed E-state index contributed by atoms with van der Waals surface area (Å²) in [4.78, 5) is 32.7. The number of hydrogen-bond acceptors (Lipinski definition) is 9. The number of nitrogens with zero attached hydrogens (tertiary/aromatic N) is 2. The Kier molecular flexibility index (Phi) is 7.77. The molecule has 0 aliphatic rings. The average Bonchev–Trinajstić information content (AvgIpc) is 3.06. The number of sulfone groups is 1. The Morgan fingerprint density at radius 2 is 1.90 bits per heavy atom. The van der Waals surface area contributed by atoms with E-state index < -0.39 is 51.1 Å². The lowest BCUT2D eigenvalue weighted by Gasteiger charge is -2.12. The molecule has 168 valence electrons. The SMILES string of the molecule is O=C(O)C[C@H](NC(=O)CCCOc1no[n+]([O-])c1S(=O)(=O)c1ccc(Cl)cc1)C(=O)O. The zero-order valence-electron chi connectivity index (χ0n) is 15.6. The van der Waals surface area contributed by atoms with Gasteiger partial charge in [0, 0.05) is 11.4 Å². The van der Waals surface area contributed by atoms with Crippen molar-refractivity contribution in [2.75, 3.05) is 6.61 Å². The fraction of sp³-hybridized carbons (Fsp3) is 0.312. The second kappa shape index (κ2) is 10.1. The molecule has 2 aromatic rings. The molecule has 31 heavy (non-hydrogen) atoms. The van der Waals surface area contributed by atoms with Gasteiger partial charge in [-0.3, -0.25) is 14.2 Å². The zero-order valence-corrected chi connectivity index (χ0v) is 17.1. The molecule has 1 aromatic heterocycles. The van der Waals surface area contributed by atoms with E-state index in [0.717, 1.165) is 0 Å². The number of carboxylic acids is 2. The molecule has 0 aliphatic carbocycles. The van der Waals surface area contributed by atoms with Gasteiger partial charge >= 0.3 is 22.8 Å². The summed E-state index contributed by atoms with van der Waals surface area (Å²) >= 11 is 5.72. The van der Waals surface area contributed by atoms with Gasteiger partial charge in [0.05, 0.1) is 23.1 Å². The van der Waals surface area contributed by atoms with Crippen LogP contribution in [-0.4, -0.2) is 54.3 Å². The van der Waals surface area contributed by atoms with Crippen molar-refractivity contribution in [3.63, 3.8) is 0 Å². The molecule has 0 saturated carbocycles. The van der Waals surface area contributed by atoms with Crippen molar-refractivity contribution in [3.05, 3.63) is 34.5 Å². The first-order chi connectivity index (χ1) is 14.5. The normalized spacial score (nSPS) is 12.2. The van der Waals surface area contributed by atoms with Crippen LogP contribution in [0.4, 0.5) is 0 Å². The van der Waals surface area contributed by atoms with E-state index in [1.54, 1.807) is 0 Å². The molecule has 0 bridgehead atoms. The van der Waals surface area contributed by atoms with Gasteiger partial charge in [0.1, 0.15) is 6.04 Å². The Labute approximate surface area is 179 Å². The highest BCUT2D eigenvalue weighted by atomic mass is 35.5. The largest absolute Gasteiger partial charge is 0.481 e. The maximum absolute atomic E-state index is 12.7. The highest BCUT2D eigenvalue weighted by Gasteiger charge is 2.35. The van der Waals surface area contributed by atoms with E-state index in [4.69, 9.17) is 26.6 Å². The average molecular weight is 478 g/mol. The predicted octanol–water partition coefficient (Wildman–Crippen LogP) is -0.00270. The summed E-state index contributed by atoms with van der Waals surface area (Å²) in [7, 11) is -4.35. The molecule has 15 heteroatoms. The summed E-state index contributed by atoms with van der Waals surface area (Å²) in [5.74, 6) is -4.29. The second-order valence-corrected chi connectivity index (χ2v) is 8.31. The lowest BCUT2D eigenvalue weighted by atomic mass is 10.2. The number of amides is 1. The Balaban J connectivity index is 1.98. The first-order valence-corrected chi connectivity index (χ1v) is 10.4. The third-order valence-electron chi connectivity index (χ3n) is 3.72. The molecular weight excluding hydrogens is 462 g/mol. The van der Waals surface area contributed by atoms with Crippen LogP contribution >= 0.6 is 11.6 Å². The van der Waals surface area contributed by atoms with E-state index in [2.05, 4.69) is 9.79 Å². The Hall–Kier alpha value is -3.39. The second-order valence-electron chi connectivity index (χ2n) is 6.01. The number of carbonyl (C=O) groups excluding carboxylic acids is 1. The van der Waals surface area contributed by atoms with E-state index in [1.165, 1.54) is 24.3 Å². The number of hydrogen-bond donors (Lipinski definition) is 3. The number of rotatable bonds is 11. The highest BCUT2D eigenvalue weighted by molar-refractivity contribution is 7.91. The molecule has 1 atom stereocenters. The molecule has 3 N–H and O–H groups in total. The number of aliphatic carboxylic acids is 2. The smallest absolute Gasteiger partial charge is 0.414 e. The summed E-state index contributed by atoms with van der Waals surface area (Å²) in [6, 6.07) is 3.37. The lowest BCUT2D eigenvalue weighted by molar-refractivity contribution is -0.832. The molecule has 13 nitrogen and oxygen atoms in total. The number of nitrogens with one attached hydrogen (secondary N) is 1. The first-order valence-electron chi connectivity index (χ1n) is 8.49. The number of benzene rings is 1. The molecule has 0 aliphatic heterocycles. The molecule has 1 aromatic carbocycles. The van der Waals surface area contributed by atoms with Crippen molar-refractivity contribution in [3.8, 4) is 5.88 Å². The zero-order chi connectivity index (χ0) is 23.2. The number of carboxylic acid groups (broad SMARTS) is 2. The van der Waals surface area contributed by atoms with Crippen molar-refractivity contribution >= 4 is 39.3 Å². The Morgan fingerprint density at radius 3 is 2.48 bits per heavy atom. The van der Waals surface area contributed by atoms with Crippen LogP contribution < -0.4 is 15.0 Å². The van der Waals surface area contributed by atoms with Gasteiger partial charge in [0.25, 0.3) is 9.84 Å². The van der Waals surface area contributed by atoms with Crippen molar-refractivity contribution in [2.45, 2.75) is 35.2 Å². The maximum atomic E-state index is 12.7. The minimum absolute atomic E-state index is 0.0304. The molecule has 0 spiro atoms. The predicted molar refractivity (Wildman–Crippen MR) is 98.9 cm³/mol. The number of halogens is 1. The van der Waals surface area contributed by atoms with Gasteiger partial charge in [-0.05, 0) is 35.6 Å². The summed E-state index contributed by atoms with van der Waals surface area (Å²) < 4.78 is 34.7. The monoisotopic (exact) mass is 477 g/mol. The number of carbonyl (C=O) groups is 3. The van der Waals surface area contributed by atoms with Crippen LogP contribution in [0.25, 0.3) is 0 Å². The third-order valence-corrected chi connectivity index (χ3v) is 5.70. The van der Waals surface area contributed by atoms with Crippen molar-refractivity contribution < 1.29 is 47.3 Å². The van der Waals surface area contributed by atoms with Gasteiger partial charge in [-0.25, -0.2) is 13.2 Å². The molecule has 0 fully saturated rings. The summed E-state index contributed by atoms with van der Waals surface area (Å²) in [5, 5.41) is 34.0. The van der Waals surface area contributed by atoms with Crippen LogP contribution in [0.15, 0.2) is 38.8 Å². The lowest BCUT2D eigenvalue weighted by Crippen LogP contribution is -2.42. The van der Waals surface area contributed by atoms with Crippen LogP contribution in [-0.2, 0) is 24.2 Å². The molecular formula is C16H16ClN3O10S. The Morgan fingerprint density at radius 1 is 1.26 bits per heavy atom. The van der Waals surface area contributed by atoms with Gasteiger partial charge in [-0.2, -0.15) is 0 Å². The van der Waals surface area contributed by atoms with Crippen molar-refractivity contribution in [2.24, 2.45) is 0 Å². The van der Waals surface area contributed by atoms with Crippen LogP contribution in [0.2, 0.25) is 5.02 Å². The molecule has 0 saturated heterocycles. The van der Waals surface area contributed by atoms with Crippen LogP contribution in [0, 0.1) is 5.21 Å². The molecule has 1 heterocycles. The molecule has 0 radical (unpaired) electrons. The summed E-state index contributed by atoms with van der Waals surface area (Å²) in [5.41, 5.74) is 0. The van der Waals surface area contributed by atoms with Crippen LogP contribution in [0.3, 0.4) is 0 Å². The van der Waals surface area contributed by atoms with Gasteiger partial charge in [-0.15, -0.1) is 0 Å². The van der Waals surface area contributed by atoms with E-state index in [0.29, 0.717) is 0 Å². The summed E-state index contributed by atoms with van der Waals surface area (Å²) in [6.45, 7) is -0.278. The minimum Gasteiger partial charge on any atom is -0.481 e. The van der Waals surface area contributed by atoms with Crippen LogP contribution in [0.1, 0.15) is 19.3 Å². The van der Waals surface area contributed by atoms with Gasteiger partial charge in [0.15, 0.2) is 0 Å². The van der Waals surface area contributed by atoms with Crippen molar-refractivity contribution in [1.29, 1.82) is 0 Å². The quantitative estimate of drug-likeness (QED) is 0.290. The topological polar surface area (TPSA) is 200 Å². The molecule has 0 unspecified atom stereocenters. The number of ether oxygens (including phenoxy) is 1. The van der Waals surface area contributed by atoms with Gasteiger partial charge < -0.3 is 25.5 Å². The fourth-order valence-corrected chi connectivity index (χ4v) is 3.70. The number of aromatic nitrogens is 2. The molecule has 2 rings (SSSR count).